The number of aromatic nitrogens is 3. The predicted octanol–water partition coefficient (Wildman–Crippen LogP) is 0.615. The van der Waals surface area contributed by atoms with Gasteiger partial charge in [0.15, 0.2) is 12.4 Å². The minimum Gasteiger partial charge on any atom is -0.469 e. The first-order valence-electron chi connectivity index (χ1n) is 6.05. The van der Waals surface area contributed by atoms with E-state index >= 15 is 0 Å². The lowest BCUT2D eigenvalue weighted by Gasteiger charge is -2.00. The molecule has 0 unspecified atom stereocenters. The first kappa shape index (κ1) is 13.8. The summed E-state index contributed by atoms with van der Waals surface area (Å²) in [5.74, 6) is 0.118. The van der Waals surface area contributed by atoms with Crippen molar-refractivity contribution >= 4 is 17.7 Å². The smallest absolute Gasteiger partial charge is 0.329 e. The van der Waals surface area contributed by atoms with Gasteiger partial charge in [-0.05, 0) is 19.1 Å². The molecule has 0 radical (unpaired) electrons. The minimum absolute atomic E-state index is 0.0953. The van der Waals surface area contributed by atoms with Crippen LogP contribution in [0.5, 0.6) is 0 Å². The number of ether oxygens (including phenoxy) is 1. The number of hydrogen-bond donors (Lipinski definition) is 1. The highest BCUT2D eigenvalue weighted by Gasteiger charge is 2.10. The Bertz CT molecular complexity index is 576. The van der Waals surface area contributed by atoms with Gasteiger partial charge in [-0.25, -0.2) is 4.79 Å². The largest absolute Gasteiger partial charge is 0.469 e. The molecule has 2 aromatic heterocycles. The standard InChI is InChI=1S/C12H14N4O4/c1-2-19-12(18)8-16-13-7-10(15-16)14-11(17)6-9-4-3-5-20-9/h3-5,7H,2,6,8H2,1H3,(H,14,15,17). The lowest BCUT2D eigenvalue weighted by molar-refractivity contribution is -0.144. The fourth-order valence-corrected chi connectivity index (χ4v) is 1.51. The molecule has 0 bridgehead atoms. The van der Waals surface area contributed by atoms with Gasteiger partial charge in [-0.2, -0.15) is 9.90 Å². The molecule has 2 rings (SSSR count). The SMILES string of the molecule is CCOC(=O)Cn1ncc(NC(=O)Cc2ccco2)n1. The van der Waals surface area contributed by atoms with E-state index in [1.54, 1.807) is 19.1 Å². The Hall–Kier alpha value is -2.64. The van der Waals surface area contributed by atoms with Gasteiger partial charge in [0.2, 0.25) is 5.91 Å². The molecule has 0 fully saturated rings. The first-order chi connectivity index (χ1) is 9.67. The Morgan fingerprint density at radius 2 is 2.35 bits per heavy atom. The zero-order valence-corrected chi connectivity index (χ0v) is 10.9. The van der Waals surface area contributed by atoms with Crippen molar-refractivity contribution in [1.82, 2.24) is 15.0 Å². The molecule has 2 aromatic rings. The quantitative estimate of drug-likeness (QED) is 0.777. The maximum absolute atomic E-state index is 11.7. The summed E-state index contributed by atoms with van der Waals surface area (Å²) in [7, 11) is 0. The van der Waals surface area contributed by atoms with Gasteiger partial charge in [0.1, 0.15) is 5.76 Å². The summed E-state index contributed by atoms with van der Waals surface area (Å²) in [5.41, 5.74) is 0. The molecule has 0 saturated heterocycles. The summed E-state index contributed by atoms with van der Waals surface area (Å²) in [4.78, 5) is 24.1. The van der Waals surface area contributed by atoms with Gasteiger partial charge < -0.3 is 14.5 Å². The van der Waals surface area contributed by atoms with Crippen molar-refractivity contribution in [3.63, 3.8) is 0 Å². The topological polar surface area (TPSA) is 99.2 Å². The molecule has 20 heavy (non-hydrogen) atoms. The third-order valence-corrected chi connectivity index (χ3v) is 2.29. The zero-order chi connectivity index (χ0) is 14.4. The molecule has 0 aliphatic rings. The number of rotatable bonds is 6. The van der Waals surface area contributed by atoms with E-state index in [2.05, 4.69) is 15.5 Å². The van der Waals surface area contributed by atoms with E-state index < -0.39 is 5.97 Å². The van der Waals surface area contributed by atoms with E-state index in [1.807, 2.05) is 0 Å². The Morgan fingerprint density at radius 3 is 3.05 bits per heavy atom. The second-order valence-corrected chi connectivity index (χ2v) is 3.87. The summed E-state index contributed by atoms with van der Waals surface area (Å²) in [6.45, 7) is 1.92. The predicted molar refractivity (Wildman–Crippen MR) is 67.7 cm³/mol. The van der Waals surface area contributed by atoms with Crippen LogP contribution in [-0.2, 0) is 27.3 Å². The number of amides is 1. The molecule has 0 atom stereocenters. The van der Waals surface area contributed by atoms with Crippen LogP contribution in [0.4, 0.5) is 5.82 Å². The van der Waals surface area contributed by atoms with Crippen molar-refractivity contribution in [1.29, 1.82) is 0 Å². The summed E-state index contributed by atoms with van der Waals surface area (Å²) >= 11 is 0. The van der Waals surface area contributed by atoms with Crippen LogP contribution < -0.4 is 5.32 Å². The zero-order valence-electron chi connectivity index (χ0n) is 10.9. The third kappa shape index (κ3) is 3.94. The van der Waals surface area contributed by atoms with Crippen LogP contribution >= 0.6 is 0 Å². The van der Waals surface area contributed by atoms with Gasteiger partial charge in [-0.3, -0.25) is 4.79 Å². The molecule has 106 valence electrons. The van der Waals surface area contributed by atoms with Crippen LogP contribution in [0.25, 0.3) is 0 Å². The van der Waals surface area contributed by atoms with Gasteiger partial charge in [-0.1, -0.05) is 0 Å². The van der Waals surface area contributed by atoms with Crippen LogP contribution in [0.1, 0.15) is 12.7 Å². The van der Waals surface area contributed by atoms with E-state index in [0.29, 0.717) is 12.4 Å². The number of nitrogens with one attached hydrogen (secondary N) is 1. The highest BCUT2D eigenvalue weighted by atomic mass is 16.5. The molecule has 0 aromatic carbocycles. The molecule has 0 aliphatic carbocycles. The second kappa shape index (κ2) is 6.50. The summed E-state index contributed by atoms with van der Waals surface area (Å²) in [5, 5.41) is 10.4. The number of hydrogen-bond acceptors (Lipinski definition) is 6. The number of carbonyl (C=O) groups excluding carboxylic acids is 2. The molecule has 1 amide bonds. The molecule has 2 heterocycles. The van der Waals surface area contributed by atoms with Crippen molar-refractivity contribution < 1.29 is 18.7 Å². The van der Waals surface area contributed by atoms with Crippen LogP contribution in [0.2, 0.25) is 0 Å². The minimum atomic E-state index is -0.434. The lowest BCUT2D eigenvalue weighted by atomic mass is 10.3. The van der Waals surface area contributed by atoms with Gasteiger partial charge in [0.05, 0.1) is 25.5 Å². The Morgan fingerprint density at radius 1 is 1.50 bits per heavy atom. The number of esters is 1. The number of nitrogens with zero attached hydrogens (tertiary/aromatic N) is 3. The molecule has 0 saturated carbocycles. The van der Waals surface area contributed by atoms with E-state index in [0.717, 1.165) is 4.80 Å². The van der Waals surface area contributed by atoms with Gasteiger partial charge in [-0.15, -0.1) is 5.10 Å². The maximum atomic E-state index is 11.7. The molecular formula is C12H14N4O4. The highest BCUT2D eigenvalue weighted by molar-refractivity contribution is 5.90. The summed E-state index contributed by atoms with van der Waals surface area (Å²) in [6, 6.07) is 3.41. The van der Waals surface area contributed by atoms with Gasteiger partial charge in [0.25, 0.3) is 0 Å². The number of anilines is 1. The summed E-state index contributed by atoms with van der Waals surface area (Å²) < 4.78 is 9.83. The monoisotopic (exact) mass is 278 g/mol. The van der Waals surface area contributed by atoms with E-state index in [4.69, 9.17) is 9.15 Å². The first-order valence-corrected chi connectivity index (χ1v) is 6.05. The van der Waals surface area contributed by atoms with Crippen molar-refractivity contribution in [2.45, 2.75) is 19.9 Å². The fourth-order valence-electron chi connectivity index (χ4n) is 1.51. The summed E-state index contributed by atoms with van der Waals surface area (Å²) in [6.07, 6.45) is 2.97. The third-order valence-electron chi connectivity index (χ3n) is 2.29. The van der Waals surface area contributed by atoms with E-state index in [9.17, 15) is 9.59 Å². The van der Waals surface area contributed by atoms with Crippen LogP contribution in [0.15, 0.2) is 29.0 Å². The Balaban J connectivity index is 1.86. The van der Waals surface area contributed by atoms with Crippen molar-refractivity contribution in [3.8, 4) is 0 Å². The lowest BCUT2D eigenvalue weighted by Crippen LogP contribution is -2.17. The number of furan rings is 1. The Labute approximate surface area is 114 Å². The normalized spacial score (nSPS) is 10.2. The van der Waals surface area contributed by atoms with Crippen molar-refractivity contribution in [3.05, 3.63) is 30.4 Å². The fraction of sp³-hybridized carbons (Fsp3) is 0.333. The molecule has 1 N–H and O–H groups in total. The van der Waals surface area contributed by atoms with Crippen molar-refractivity contribution in [2.24, 2.45) is 0 Å². The molecule has 8 heteroatoms. The van der Waals surface area contributed by atoms with E-state index in [1.165, 1.54) is 12.5 Å². The average Bonchev–Trinajstić information content (AvgIpc) is 3.02. The van der Waals surface area contributed by atoms with Crippen molar-refractivity contribution in [2.75, 3.05) is 11.9 Å². The number of carbonyl (C=O) groups is 2. The molecule has 8 nitrogen and oxygen atoms in total. The Kier molecular flexibility index (Phi) is 4.48. The van der Waals surface area contributed by atoms with Crippen LogP contribution in [0, 0.1) is 0 Å². The van der Waals surface area contributed by atoms with E-state index in [-0.39, 0.29) is 24.7 Å². The van der Waals surface area contributed by atoms with Crippen LogP contribution in [0.3, 0.4) is 0 Å². The molecule has 0 spiro atoms. The molecular weight excluding hydrogens is 264 g/mol. The van der Waals surface area contributed by atoms with Gasteiger partial charge in [0, 0.05) is 0 Å². The maximum Gasteiger partial charge on any atom is 0.329 e. The second-order valence-electron chi connectivity index (χ2n) is 3.87. The average molecular weight is 278 g/mol. The van der Waals surface area contributed by atoms with Gasteiger partial charge >= 0.3 is 5.97 Å². The highest BCUT2D eigenvalue weighted by Crippen LogP contribution is 2.04. The van der Waals surface area contributed by atoms with Crippen LogP contribution in [-0.4, -0.2) is 33.5 Å². The molecule has 0 aliphatic heterocycles.